The third kappa shape index (κ3) is 3.40. The molecule has 0 bridgehead atoms. The summed E-state index contributed by atoms with van der Waals surface area (Å²) in [5.41, 5.74) is 0.708. The predicted octanol–water partition coefficient (Wildman–Crippen LogP) is 1.33. The highest BCUT2D eigenvalue weighted by molar-refractivity contribution is 7.91. The summed E-state index contributed by atoms with van der Waals surface area (Å²) >= 11 is 0. The predicted molar refractivity (Wildman–Crippen MR) is 97.3 cm³/mol. The molecule has 3 fully saturated rings. The van der Waals surface area contributed by atoms with Crippen LogP contribution in [0.4, 0.5) is 0 Å². The molecule has 1 aliphatic carbocycles. The van der Waals surface area contributed by atoms with Crippen LogP contribution in [0.25, 0.3) is 0 Å². The van der Waals surface area contributed by atoms with Crippen LogP contribution in [-0.2, 0) is 19.4 Å². The minimum Gasteiger partial charge on any atom is -0.337 e. The van der Waals surface area contributed by atoms with E-state index in [1.807, 2.05) is 4.90 Å². The number of amides is 2. The third-order valence-corrected chi connectivity index (χ3v) is 8.25. The number of hydrogen-bond donors (Lipinski definition) is 0. The van der Waals surface area contributed by atoms with Crippen LogP contribution in [0.5, 0.6) is 0 Å². The molecule has 7 nitrogen and oxygen atoms in total. The molecule has 0 aromatic rings. The van der Waals surface area contributed by atoms with Gasteiger partial charge in [0.25, 0.3) is 5.91 Å². The molecule has 1 atom stereocenters. The van der Waals surface area contributed by atoms with Gasteiger partial charge in [-0.15, -0.1) is 0 Å². The molecule has 3 heterocycles. The van der Waals surface area contributed by atoms with E-state index in [1.165, 1.54) is 37.1 Å². The van der Waals surface area contributed by atoms with E-state index < -0.39 is 15.9 Å². The molecule has 4 aliphatic rings. The summed E-state index contributed by atoms with van der Waals surface area (Å²) in [6.45, 7) is 1.57. The summed E-state index contributed by atoms with van der Waals surface area (Å²) in [5.74, 6) is -0.189. The smallest absolute Gasteiger partial charge is 0.270 e. The van der Waals surface area contributed by atoms with Gasteiger partial charge in [0.05, 0.1) is 17.5 Å². The van der Waals surface area contributed by atoms with Crippen molar-refractivity contribution in [2.24, 2.45) is 10.5 Å². The van der Waals surface area contributed by atoms with Gasteiger partial charge in [0.2, 0.25) is 5.91 Å². The first-order valence-corrected chi connectivity index (χ1v) is 11.6. The van der Waals surface area contributed by atoms with E-state index in [0.717, 1.165) is 19.5 Å². The molecule has 8 heteroatoms. The Morgan fingerprint density at radius 1 is 1.12 bits per heavy atom. The number of likely N-dealkylation sites (tertiary alicyclic amines) is 1. The average Bonchev–Trinajstić information content (AvgIpc) is 3.19. The molecule has 1 saturated carbocycles. The Labute approximate surface area is 154 Å². The molecule has 1 unspecified atom stereocenters. The van der Waals surface area contributed by atoms with Crippen molar-refractivity contribution >= 4 is 27.4 Å². The normalized spacial score (nSPS) is 30.7. The molecule has 1 spiro atoms. The van der Waals surface area contributed by atoms with Gasteiger partial charge in [0.15, 0.2) is 9.84 Å². The van der Waals surface area contributed by atoms with Gasteiger partial charge < -0.3 is 4.90 Å². The van der Waals surface area contributed by atoms with Crippen molar-refractivity contribution in [3.8, 4) is 0 Å². The summed E-state index contributed by atoms with van der Waals surface area (Å²) in [6.07, 6.45) is 8.27. The Balaban J connectivity index is 1.47. The van der Waals surface area contributed by atoms with Gasteiger partial charge in [-0.05, 0) is 31.1 Å². The Morgan fingerprint density at radius 3 is 2.58 bits per heavy atom. The number of nitrogens with zero attached hydrogens (tertiary/aromatic N) is 3. The molecular formula is C18H27N3O4S. The minimum atomic E-state index is -3.10. The molecule has 0 aromatic carbocycles. The van der Waals surface area contributed by atoms with Crippen molar-refractivity contribution in [2.45, 2.75) is 63.8 Å². The van der Waals surface area contributed by atoms with Crippen molar-refractivity contribution in [3.05, 3.63) is 0 Å². The Kier molecular flexibility index (Phi) is 4.57. The molecule has 2 amide bonds. The lowest BCUT2D eigenvalue weighted by Crippen LogP contribution is -2.45. The molecule has 4 rings (SSSR count). The van der Waals surface area contributed by atoms with Gasteiger partial charge >= 0.3 is 0 Å². The van der Waals surface area contributed by atoms with Gasteiger partial charge in [0, 0.05) is 25.9 Å². The van der Waals surface area contributed by atoms with Gasteiger partial charge in [-0.3, -0.25) is 9.59 Å². The van der Waals surface area contributed by atoms with E-state index in [4.69, 9.17) is 0 Å². The molecule has 0 aromatic heterocycles. The number of carbonyl (C=O) groups is 2. The average molecular weight is 381 g/mol. The van der Waals surface area contributed by atoms with Crippen LogP contribution in [0.1, 0.15) is 57.8 Å². The number of carbonyl (C=O) groups excluding carboxylic acids is 2. The van der Waals surface area contributed by atoms with Crippen LogP contribution in [0.2, 0.25) is 0 Å². The topological polar surface area (TPSA) is 87.1 Å². The molecule has 0 N–H and O–H groups in total. The SMILES string of the molecule is O=C(C1=NN(C2CCS(=O)(=O)C2)C(=O)CC1)N1CCC2(CCCCC2)C1. The fourth-order valence-electron chi connectivity index (χ4n) is 4.98. The van der Waals surface area contributed by atoms with Crippen molar-refractivity contribution < 1.29 is 18.0 Å². The first kappa shape index (κ1) is 17.9. The van der Waals surface area contributed by atoms with Crippen LogP contribution in [0.3, 0.4) is 0 Å². The summed E-state index contributed by atoms with van der Waals surface area (Å²) < 4.78 is 23.4. The maximum atomic E-state index is 13.0. The lowest BCUT2D eigenvalue weighted by molar-refractivity contribution is -0.134. The van der Waals surface area contributed by atoms with Crippen molar-refractivity contribution in [1.82, 2.24) is 9.91 Å². The van der Waals surface area contributed by atoms with E-state index in [1.54, 1.807) is 0 Å². The zero-order valence-electron chi connectivity index (χ0n) is 15.2. The maximum Gasteiger partial charge on any atom is 0.270 e. The van der Waals surface area contributed by atoms with E-state index in [-0.39, 0.29) is 35.2 Å². The van der Waals surface area contributed by atoms with Crippen LogP contribution in [0, 0.1) is 5.41 Å². The molecular weight excluding hydrogens is 354 g/mol. The monoisotopic (exact) mass is 381 g/mol. The molecule has 3 aliphatic heterocycles. The first-order chi connectivity index (χ1) is 12.4. The van der Waals surface area contributed by atoms with E-state index >= 15 is 0 Å². The van der Waals surface area contributed by atoms with Crippen LogP contribution < -0.4 is 0 Å². The molecule has 144 valence electrons. The Morgan fingerprint density at radius 2 is 1.88 bits per heavy atom. The van der Waals surface area contributed by atoms with Crippen LogP contribution in [-0.4, -0.2) is 66.5 Å². The Hall–Kier alpha value is -1.44. The number of hydrazone groups is 1. The summed E-state index contributed by atoms with van der Waals surface area (Å²) in [4.78, 5) is 27.1. The standard InChI is InChI=1S/C18H27N3O4S/c22-16-5-4-15(19-21(16)14-6-11-26(24,25)12-14)17(23)20-10-9-18(13-20)7-2-1-3-8-18/h14H,1-13H2. The third-order valence-electron chi connectivity index (χ3n) is 6.50. The lowest BCUT2D eigenvalue weighted by Gasteiger charge is -2.33. The molecule has 2 saturated heterocycles. The summed E-state index contributed by atoms with van der Waals surface area (Å²) in [6, 6.07) is -0.418. The van der Waals surface area contributed by atoms with E-state index in [9.17, 15) is 18.0 Å². The number of rotatable bonds is 2. The second kappa shape index (κ2) is 6.62. The van der Waals surface area contributed by atoms with Crippen molar-refractivity contribution in [2.75, 3.05) is 24.6 Å². The van der Waals surface area contributed by atoms with E-state index in [2.05, 4.69) is 5.10 Å². The fourth-order valence-corrected chi connectivity index (χ4v) is 6.67. The van der Waals surface area contributed by atoms with Crippen LogP contribution >= 0.6 is 0 Å². The zero-order valence-corrected chi connectivity index (χ0v) is 16.0. The largest absolute Gasteiger partial charge is 0.337 e. The quantitative estimate of drug-likeness (QED) is 0.722. The number of hydrogen-bond acceptors (Lipinski definition) is 5. The second-order valence-electron chi connectivity index (χ2n) is 8.38. The number of sulfone groups is 1. The van der Waals surface area contributed by atoms with Gasteiger partial charge in [-0.25, -0.2) is 13.4 Å². The molecule has 0 radical (unpaired) electrons. The highest BCUT2D eigenvalue weighted by Gasteiger charge is 2.42. The Bertz CT molecular complexity index is 740. The van der Waals surface area contributed by atoms with Gasteiger partial charge in [-0.2, -0.15) is 5.10 Å². The van der Waals surface area contributed by atoms with Gasteiger partial charge in [0.1, 0.15) is 5.71 Å². The van der Waals surface area contributed by atoms with E-state index in [0.29, 0.717) is 18.6 Å². The summed E-state index contributed by atoms with van der Waals surface area (Å²) in [5, 5.41) is 5.62. The summed E-state index contributed by atoms with van der Waals surface area (Å²) in [7, 11) is -3.10. The van der Waals surface area contributed by atoms with Crippen molar-refractivity contribution in [1.29, 1.82) is 0 Å². The minimum absolute atomic E-state index is 0.0451. The highest BCUT2D eigenvalue weighted by atomic mass is 32.2. The van der Waals surface area contributed by atoms with Crippen LogP contribution in [0.15, 0.2) is 5.10 Å². The zero-order chi connectivity index (χ0) is 18.4. The highest BCUT2D eigenvalue weighted by Crippen LogP contribution is 2.43. The first-order valence-electron chi connectivity index (χ1n) is 9.77. The maximum absolute atomic E-state index is 13.0. The molecule has 26 heavy (non-hydrogen) atoms. The lowest BCUT2D eigenvalue weighted by atomic mass is 9.73. The van der Waals surface area contributed by atoms with Crippen molar-refractivity contribution in [3.63, 3.8) is 0 Å². The van der Waals surface area contributed by atoms with Gasteiger partial charge in [-0.1, -0.05) is 19.3 Å². The fraction of sp³-hybridized carbons (Fsp3) is 0.833. The second-order valence-corrected chi connectivity index (χ2v) is 10.6.